The number of amides is 7. The van der Waals surface area contributed by atoms with Crippen molar-refractivity contribution in [2.24, 2.45) is 16.8 Å². The van der Waals surface area contributed by atoms with E-state index >= 15 is 0 Å². The predicted octanol–water partition coefficient (Wildman–Crippen LogP) is 0.491. The Morgan fingerprint density at radius 1 is 0.817 bits per heavy atom. The van der Waals surface area contributed by atoms with Gasteiger partial charge in [0.15, 0.2) is 17.9 Å². The first-order chi connectivity index (χ1) is 44.5. The Hall–Kier alpha value is -8.60. The molecule has 0 unspecified atom stereocenters. The Balaban J connectivity index is 0.975. The van der Waals surface area contributed by atoms with Crippen LogP contribution in [-0.4, -0.2) is 220 Å². The number of urea groups is 1. The molecule has 3 aliphatic rings. The van der Waals surface area contributed by atoms with Gasteiger partial charge in [0.2, 0.25) is 29.4 Å². The van der Waals surface area contributed by atoms with E-state index in [0.29, 0.717) is 45.2 Å². The molecule has 93 heavy (non-hydrogen) atoms. The molecule has 8 atom stereocenters. The highest BCUT2D eigenvalue weighted by molar-refractivity contribution is 6.31. The first-order valence-corrected chi connectivity index (χ1v) is 29.9. The molecular formula is C60H80N10O23. The highest BCUT2D eigenvalue weighted by Gasteiger charge is 2.50. The standard InChI is InChI=1S/C60H80N10O23/c1-32(2)50(69-44(74)31-90-30-43(73)63-15-17-86-19-21-88-23-24-89-22-20-87-18-16-65-70-62)57(81)67-38(8-6-14-64-58(61)82)56(80)66-35-12-10-34(11-13-35)29-91-59(83)68-39-25-45(92-33(3)51(39)75)93-41-27-60(84,42(72)28-71)26-37-47(41)55(79)49-48(53(37)77)52(76)36-7-5-9-40(85-4)46(36)54(49)78/h5,7,9-13,32-33,38-39,41,45,50-51,71,75,77,79,84H,6,8,14-31H2,1-4H3,(H,63,73)(H,66,80)(H,67,81)(H,68,83)(H,69,74)(H3,61,64,82)/t33-,38-,39-,41-,45-,50-,51+,60-/m1/s1. The number of phenolic OH excluding ortho intramolecular Hbond substituents is 2. The van der Waals surface area contributed by atoms with Crippen LogP contribution in [0.5, 0.6) is 17.2 Å². The number of benzene rings is 3. The zero-order valence-corrected chi connectivity index (χ0v) is 51.8. The van der Waals surface area contributed by atoms with Crippen molar-refractivity contribution < 1.29 is 111 Å². The van der Waals surface area contributed by atoms with Gasteiger partial charge in [-0.3, -0.25) is 33.6 Å². The van der Waals surface area contributed by atoms with Crippen molar-refractivity contribution in [3.05, 3.63) is 91.9 Å². The number of anilines is 1. The molecule has 3 aromatic carbocycles. The number of fused-ring (bicyclic) bond motifs is 3. The maximum Gasteiger partial charge on any atom is 0.407 e. The van der Waals surface area contributed by atoms with E-state index in [9.17, 15) is 68.7 Å². The van der Waals surface area contributed by atoms with Crippen LogP contribution in [0.15, 0.2) is 47.6 Å². The number of alkyl carbamates (subject to hydrolysis) is 1. The minimum absolute atomic E-state index is 0.00939. The highest BCUT2D eigenvalue weighted by atomic mass is 16.7. The summed E-state index contributed by atoms with van der Waals surface area (Å²) in [5, 5.41) is 75.2. The number of nitrogens with one attached hydrogen (secondary N) is 6. The van der Waals surface area contributed by atoms with Crippen LogP contribution in [0.4, 0.5) is 15.3 Å². The van der Waals surface area contributed by atoms with Crippen LogP contribution in [0.3, 0.4) is 0 Å². The molecule has 3 aromatic rings. The van der Waals surface area contributed by atoms with Gasteiger partial charge in [0, 0.05) is 66.2 Å². The van der Waals surface area contributed by atoms with Crippen molar-refractivity contribution in [3.8, 4) is 17.2 Å². The van der Waals surface area contributed by atoms with Gasteiger partial charge in [0.1, 0.15) is 67.5 Å². The summed E-state index contributed by atoms with van der Waals surface area (Å²) >= 11 is 0. The van der Waals surface area contributed by atoms with Gasteiger partial charge in [-0.2, -0.15) is 0 Å². The predicted molar refractivity (Wildman–Crippen MR) is 323 cm³/mol. The molecule has 1 heterocycles. The summed E-state index contributed by atoms with van der Waals surface area (Å²) < 4.78 is 49.7. The van der Waals surface area contributed by atoms with Gasteiger partial charge in [-0.15, -0.1) is 0 Å². The van der Waals surface area contributed by atoms with Gasteiger partial charge < -0.3 is 106 Å². The number of methoxy groups -OCH3 is 1. The molecule has 7 amide bonds. The second kappa shape index (κ2) is 36.0. The monoisotopic (exact) mass is 1310 g/mol. The lowest BCUT2D eigenvalue weighted by Crippen LogP contribution is -2.56. The molecule has 1 saturated heterocycles. The SMILES string of the molecule is COc1cccc2c1C(=O)c1c(O)c3c(c(O)c1C2=O)C[C@](O)(C(=O)CO)C[C@H]3O[C@@H]1C[C@@H](NC(=O)OCc2ccc(NC(=O)[C@@H](CCCNC(N)=O)NC(=O)[C@H](NC(=O)COCC(=O)NCCOCCOCCOCCOCCN=[N+]=[N-])C(C)C)cc2)[C@@H](O)[C@@H](C)O1. The van der Waals surface area contributed by atoms with Crippen LogP contribution in [0, 0.1) is 5.92 Å². The fourth-order valence-corrected chi connectivity index (χ4v) is 10.4. The molecule has 33 nitrogen and oxygen atoms in total. The number of aliphatic hydroxyl groups excluding tert-OH is 2. The van der Waals surface area contributed by atoms with Crippen LogP contribution < -0.4 is 42.4 Å². The molecule has 6 rings (SSSR count). The van der Waals surface area contributed by atoms with Crippen LogP contribution in [0.1, 0.15) is 101 Å². The summed E-state index contributed by atoms with van der Waals surface area (Å²) in [7, 11) is 1.28. The number of nitrogens with two attached hydrogens (primary N) is 1. The lowest BCUT2D eigenvalue weighted by molar-refractivity contribution is -0.249. The van der Waals surface area contributed by atoms with Crippen molar-refractivity contribution in [1.82, 2.24) is 26.6 Å². The number of rotatable bonds is 37. The molecule has 0 spiro atoms. The largest absolute Gasteiger partial charge is 0.507 e. The van der Waals surface area contributed by atoms with Gasteiger partial charge in [-0.25, -0.2) is 9.59 Å². The van der Waals surface area contributed by atoms with Gasteiger partial charge in [0.05, 0.1) is 94.9 Å². The Morgan fingerprint density at radius 2 is 1.47 bits per heavy atom. The second-order valence-corrected chi connectivity index (χ2v) is 22.0. The van der Waals surface area contributed by atoms with Crippen molar-refractivity contribution >= 4 is 58.8 Å². The molecule has 13 N–H and O–H groups in total. The van der Waals surface area contributed by atoms with Crippen LogP contribution in [0.2, 0.25) is 0 Å². The fourth-order valence-electron chi connectivity index (χ4n) is 10.4. The number of Topliss-reactive ketones (excluding diaryl/α,β-unsaturated/α-hetero) is 1. The normalized spacial score (nSPS) is 19.5. The summed E-state index contributed by atoms with van der Waals surface area (Å²) in [6.07, 6.45) is -7.84. The third-order valence-electron chi connectivity index (χ3n) is 15.1. The zero-order valence-electron chi connectivity index (χ0n) is 51.8. The summed E-state index contributed by atoms with van der Waals surface area (Å²) in [6, 6.07) is 5.96. The molecule has 1 aliphatic heterocycles. The van der Waals surface area contributed by atoms with Crippen molar-refractivity contribution in [3.63, 3.8) is 0 Å². The third kappa shape index (κ3) is 20.7. The van der Waals surface area contributed by atoms with Gasteiger partial charge >= 0.3 is 12.1 Å². The Morgan fingerprint density at radius 3 is 2.12 bits per heavy atom. The highest BCUT2D eigenvalue weighted by Crippen LogP contribution is 2.52. The van der Waals surface area contributed by atoms with E-state index in [4.69, 9.17) is 53.9 Å². The number of ether oxygens (including phenoxy) is 9. The quantitative estimate of drug-likeness (QED) is 0.00961. The molecule has 1 fully saturated rings. The minimum atomic E-state index is -2.43. The number of nitrogens with zero attached hydrogens (tertiary/aromatic N) is 3. The number of azide groups is 1. The summed E-state index contributed by atoms with van der Waals surface area (Å²) in [5.41, 5.74) is 9.63. The average molecular weight is 1310 g/mol. The molecule has 0 saturated carbocycles. The van der Waals surface area contributed by atoms with E-state index in [-0.39, 0.29) is 92.4 Å². The first kappa shape index (κ1) is 73.5. The fraction of sp³-hybridized carbons (Fsp3) is 0.550. The number of hydrogen-bond donors (Lipinski definition) is 12. The maximum atomic E-state index is 14.1. The van der Waals surface area contributed by atoms with Crippen molar-refractivity contribution in [2.75, 3.05) is 105 Å². The number of aliphatic hydroxyl groups is 3. The number of aromatic hydroxyl groups is 2. The second-order valence-electron chi connectivity index (χ2n) is 22.0. The van der Waals surface area contributed by atoms with Gasteiger partial charge in [-0.05, 0) is 55.0 Å². The maximum absolute atomic E-state index is 14.1. The van der Waals surface area contributed by atoms with E-state index in [1.165, 1.54) is 56.5 Å². The average Bonchev–Trinajstić information content (AvgIpc) is 0.713. The van der Waals surface area contributed by atoms with Crippen molar-refractivity contribution in [1.29, 1.82) is 0 Å². The zero-order chi connectivity index (χ0) is 67.8. The van der Waals surface area contributed by atoms with Crippen LogP contribution in [0.25, 0.3) is 10.4 Å². The topological polar surface area (TPSA) is 485 Å². The molecular weight excluding hydrogens is 1230 g/mol. The number of ketones is 3. The van der Waals surface area contributed by atoms with Gasteiger partial charge in [-0.1, -0.05) is 43.2 Å². The van der Waals surface area contributed by atoms with Crippen molar-refractivity contribution in [2.45, 2.75) is 108 Å². The lowest BCUT2D eigenvalue weighted by atomic mass is 9.72. The number of hydrogen-bond acceptors (Lipinski definition) is 24. The van der Waals surface area contributed by atoms with E-state index in [1.807, 2.05) is 0 Å². The van der Waals surface area contributed by atoms with E-state index < -0.39 is 163 Å². The van der Waals surface area contributed by atoms with E-state index in [0.717, 1.165) is 0 Å². The minimum Gasteiger partial charge on any atom is -0.507 e. The first-order valence-electron chi connectivity index (χ1n) is 29.9. The smallest absolute Gasteiger partial charge is 0.407 e. The molecule has 508 valence electrons. The van der Waals surface area contributed by atoms with E-state index in [1.54, 1.807) is 13.8 Å². The summed E-state index contributed by atoms with van der Waals surface area (Å²) in [5.74, 6) is -7.54. The Bertz CT molecular complexity index is 3180. The number of phenols is 2. The summed E-state index contributed by atoms with van der Waals surface area (Å²) in [4.78, 5) is 121. The molecule has 0 aromatic heterocycles. The Labute approximate surface area is 533 Å². The van der Waals surface area contributed by atoms with Crippen LogP contribution in [-0.2, 0) is 74.9 Å². The Kier molecular flexibility index (Phi) is 28.4. The lowest BCUT2D eigenvalue weighted by Gasteiger charge is -2.42. The third-order valence-corrected chi connectivity index (χ3v) is 15.1. The van der Waals surface area contributed by atoms with E-state index in [2.05, 4.69) is 41.9 Å². The number of carbonyl (C=O) groups excluding carboxylic acids is 9. The molecule has 33 heteroatoms. The number of primary amides is 1. The summed E-state index contributed by atoms with van der Waals surface area (Å²) in [6.45, 7) is 5.20. The number of carbonyl (C=O) groups is 9. The van der Waals surface area contributed by atoms with Gasteiger partial charge in [0.25, 0.3) is 0 Å². The molecule has 2 aliphatic carbocycles. The van der Waals surface area contributed by atoms with Crippen LogP contribution >= 0.6 is 0 Å². The molecule has 0 bridgehead atoms. The molecule has 0 radical (unpaired) electrons.